The molecule has 0 spiro atoms. The largest absolute Gasteiger partial charge is 0.330 e. The van der Waals surface area contributed by atoms with Crippen LogP contribution >= 0.6 is 12.4 Å². The summed E-state index contributed by atoms with van der Waals surface area (Å²) in [6.45, 7) is 4.41. The van der Waals surface area contributed by atoms with E-state index in [1.807, 2.05) is 18.2 Å². The van der Waals surface area contributed by atoms with E-state index in [-0.39, 0.29) is 12.4 Å². The second kappa shape index (κ2) is 5.81. The zero-order chi connectivity index (χ0) is 8.10. The van der Waals surface area contributed by atoms with Crippen molar-refractivity contribution in [3.63, 3.8) is 0 Å². The molecule has 12 heavy (non-hydrogen) atoms. The van der Waals surface area contributed by atoms with Crippen LogP contribution in [0.3, 0.4) is 0 Å². The molecule has 0 fully saturated rings. The fourth-order valence-electron chi connectivity index (χ4n) is 1.04. The molecule has 1 aromatic carbocycles. The summed E-state index contributed by atoms with van der Waals surface area (Å²) in [5, 5.41) is 0. The molecule has 2 N–H and O–H groups in total. The molecule has 0 aliphatic heterocycles. The molecule has 0 saturated carbocycles. The third kappa shape index (κ3) is 3.07. The monoisotopic (exact) mass is 183 g/mol. The van der Waals surface area contributed by atoms with Crippen molar-refractivity contribution in [2.45, 2.75) is 6.42 Å². The SMILES string of the molecule is C=Cc1cccc(CCN)c1.Cl. The summed E-state index contributed by atoms with van der Waals surface area (Å²) in [5.41, 5.74) is 7.87. The van der Waals surface area contributed by atoms with Crippen LogP contribution in [-0.4, -0.2) is 6.54 Å². The van der Waals surface area contributed by atoms with E-state index in [1.54, 1.807) is 0 Å². The van der Waals surface area contributed by atoms with E-state index in [1.165, 1.54) is 5.56 Å². The topological polar surface area (TPSA) is 26.0 Å². The lowest BCUT2D eigenvalue weighted by Crippen LogP contribution is -2.02. The molecule has 0 atom stereocenters. The molecule has 0 saturated heterocycles. The van der Waals surface area contributed by atoms with Crippen LogP contribution in [0.25, 0.3) is 6.08 Å². The summed E-state index contributed by atoms with van der Waals surface area (Å²) < 4.78 is 0. The fraction of sp³-hybridized carbons (Fsp3) is 0.200. The van der Waals surface area contributed by atoms with Gasteiger partial charge in [0.1, 0.15) is 0 Å². The first-order valence-corrected chi connectivity index (χ1v) is 3.78. The summed E-state index contributed by atoms with van der Waals surface area (Å²) in [7, 11) is 0. The van der Waals surface area contributed by atoms with E-state index in [9.17, 15) is 0 Å². The molecule has 1 aromatic rings. The molecule has 2 heteroatoms. The van der Waals surface area contributed by atoms with Gasteiger partial charge in [0.05, 0.1) is 0 Å². The maximum Gasteiger partial charge on any atom is -0.00367 e. The molecule has 66 valence electrons. The molecule has 0 radical (unpaired) electrons. The van der Waals surface area contributed by atoms with E-state index in [0.29, 0.717) is 6.54 Å². The first-order chi connectivity index (χ1) is 5.36. The first-order valence-electron chi connectivity index (χ1n) is 3.78. The Bertz CT molecular complexity index is 245. The maximum absolute atomic E-state index is 5.43. The highest BCUT2D eigenvalue weighted by atomic mass is 35.5. The summed E-state index contributed by atoms with van der Waals surface area (Å²) in [4.78, 5) is 0. The van der Waals surface area contributed by atoms with Gasteiger partial charge in [0.25, 0.3) is 0 Å². The van der Waals surface area contributed by atoms with Gasteiger partial charge in [-0.2, -0.15) is 0 Å². The van der Waals surface area contributed by atoms with Crippen LogP contribution in [0.2, 0.25) is 0 Å². The third-order valence-corrected chi connectivity index (χ3v) is 1.62. The summed E-state index contributed by atoms with van der Waals surface area (Å²) in [6, 6.07) is 8.26. The Morgan fingerprint density at radius 1 is 1.42 bits per heavy atom. The Hall–Kier alpha value is -0.790. The molecule has 0 aromatic heterocycles. The lowest BCUT2D eigenvalue weighted by Gasteiger charge is -1.98. The predicted octanol–water partition coefficient (Wildman–Crippen LogP) is 2.25. The molecule has 0 heterocycles. The van der Waals surface area contributed by atoms with E-state index < -0.39 is 0 Å². The van der Waals surface area contributed by atoms with Crippen molar-refractivity contribution in [3.8, 4) is 0 Å². The van der Waals surface area contributed by atoms with E-state index in [4.69, 9.17) is 5.73 Å². The zero-order valence-electron chi connectivity index (χ0n) is 6.99. The Kier molecular flexibility index (Phi) is 5.43. The summed E-state index contributed by atoms with van der Waals surface area (Å²) in [5.74, 6) is 0. The Morgan fingerprint density at radius 3 is 2.75 bits per heavy atom. The molecule has 0 unspecified atom stereocenters. The number of hydrogen-bond acceptors (Lipinski definition) is 1. The first kappa shape index (κ1) is 11.2. The van der Waals surface area contributed by atoms with Crippen molar-refractivity contribution in [3.05, 3.63) is 42.0 Å². The number of halogens is 1. The molecule has 0 bridgehead atoms. The van der Waals surface area contributed by atoms with Crippen molar-refractivity contribution in [2.24, 2.45) is 5.73 Å². The molecule has 0 amide bonds. The molecule has 0 aliphatic rings. The van der Waals surface area contributed by atoms with Crippen molar-refractivity contribution >= 4 is 18.5 Å². The highest BCUT2D eigenvalue weighted by Crippen LogP contribution is 2.05. The van der Waals surface area contributed by atoms with E-state index in [0.717, 1.165) is 12.0 Å². The minimum atomic E-state index is 0. The summed E-state index contributed by atoms with van der Waals surface area (Å²) in [6.07, 6.45) is 2.79. The lowest BCUT2D eigenvalue weighted by atomic mass is 10.1. The smallest absolute Gasteiger partial charge is 0.00367 e. The second-order valence-electron chi connectivity index (χ2n) is 2.49. The molecular weight excluding hydrogens is 170 g/mol. The van der Waals surface area contributed by atoms with Crippen LogP contribution in [0, 0.1) is 0 Å². The summed E-state index contributed by atoms with van der Waals surface area (Å²) >= 11 is 0. The van der Waals surface area contributed by atoms with Gasteiger partial charge in [0, 0.05) is 0 Å². The standard InChI is InChI=1S/C10H13N.ClH/c1-2-9-4-3-5-10(8-9)6-7-11;/h2-5,8H,1,6-7,11H2;1H. The van der Waals surface area contributed by atoms with Crippen molar-refractivity contribution in [1.82, 2.24) is 0 Å². The van der Waals surface area contributed by atoms with Gasteiger partial charge in [-0.25, -0.2) is 0 Å². The number of rotatable bonds is 3. The number of benzene rings is 1. The van der Waals surface area contributed by atoms with Gasteiger partial charge < -0.3 is 5.73 Å². The number of hydrogen-bond donors (Lipinski definition) is 1. The Labute approximate surface area is 79.7 Å². The molecule has 1 rings (SSSR count). The Morgan fingerprint density at radius 2 is 2.17 bits per heavy atom. The highest BCUT2D eigenvalue weighted by Gasteiger charge is 1.90. The average Bonchev–Trinajstić information content (AvgIpc) is 2.06. The third-order valence-electron chi connectivity index (χ3n) is 1.62. The lowest BCUT2D eigenvalue weighted by molar-refractivity contribution is 0.968. The van der Waals surface area contributed by atoms with Crippen molar-refractivity contribution in [2.75, 3.05) is 6.54 Å². The van der Waals surface area contributed by atoms with E-state index >= 15 is 0 Å². The van der Waals surface area contributed by atoms with Gasteiger partial charge in [-0.1, -0.05) is 36.9 Å². The van der Waals surface area contributed by atoms with Gasteiger partial charge in [-0.15, -0.1) is 12.4 Å². The normalized spacial score (nSPS) is 8.75. The number of nitrogens with two attached hydrogens (primary N) is 1. The van der Waals surface area contributed by atoms with Gasteiger partial charge in [0.2, 0.25) is 0 Å². The van der Waals surface area contributed by atoms with Crippen LogP contribution in [0.1, 0.15) is 11.1 Å². The quantitative estimate of drug-likeness (QED) is 0.765. The minimum Gasteiger partial charge on any atom is -0.330 e. The molecule has 1 nitrogen and oxygen atoms in total. The van der Waals surface area contributed by atoms with Gasteiger partial charge in [-0.05, 0) is 24.1 Å². The van der Waals surface area contributed by atoms with Gasteiger partial charge in [0.15, 0.2) is 0 Å². The highest BCUT2D eigenvalue weighted by molar-refractivity contribution is 5.85. The van der Waals surface area contributed by atoms with Gasteiger partial charge in [-0.3, -0.25) is 0 Å². The van der Waals surface area contributed by atoms with Crippen LogP contribution in [-0.2, 0) is 6.42 Å². The zero-order valence-corrected chi connectivity index (χ0v) is 7.81. The van der Waals surface area contributed by atoms with Gasteiger partial charge >= 0.3 is 0 Å². The van der Waals surface area contributed by atoms with Crippen LogP contribution in [0.15, 0.2) is 30.8 Å². The maximum atomic E-state index is 5.43. The second-order valence-corrected chi connectivity index (χ2v) is 2.49. The van der Waals surface area contributed by atoms with Crippen LogP contribution in [0.5, 0.6) is 0 Å². The van der Waals surface area contributed by atoms with Crippen molar-refractivity contribution < 1.29 is 0 Å². The average molecular weight is 184 g/mol. The fourth-order valence-corrected chi connectivity index (χ4v) is 1.04. The Balaban J connectivity index is 0.00000121. The minimum absolute atomic E-state index is 0. The molecular formula is C10H14ClN. The van der Waals surface area contributed by atoms with E-state index in [2.05, 4.69) is 18.7 Å². The van der Waals surface area contributed by atoms with Crippen LogP contribution in [0.4, 0.5) is 0 Å². The predicted molar refractivity (Wildman–Crippen MR) is 56.5 cm³/mol. The molecule has 0 aliphatic carbocycles. The van der Waals surface area contributed by atoms with Crippen molar-refractivity contribution in [1.29, 1.82) is 0 Å². The van der Waals surface area contributed by atoms with Crippen LogP contribution < -0.4 is 5.73 Å².